The average Bonchev–Trinajstić information content (AvgIpc) is 3.22. The Morgan fingerprint density at radius 2 is 2.03 bits per heavy atom. The Labute approximate surface area is 170 Å². The van der Waals surface area contributed by atoms with E-state index in [1.165, 1.54) is 29.2 Å². The number of benzene rings is 2. The molecule has 0 saturated heterocycles. The summed E-state index contributed by atoms with van der Waals surface area (Å²) in [4.78, 5) is 39.0. The Hall–Kier alpha value is -3.72. The Bertz CT molecular complexity index is 1080. The molecule has 0 unspecified atom stereocenters. The van der Waals surface area contributed by atoms with Crippen molar-refractivity contribution in [3.05, 3.63) is 81.4 Å². The van der Waals surface area contributed by atoms with E-state index in [0.29, 0.717) is 10.7 Å². The minimum absolute atomic E-state index is 0.0572. The van der Waals surface area contributed by atoms with Crippen LogP contribution in [0, 0.1) is 17.0 Å². The molecule has 1 heterocycles. The monoisotopic (exact) mass is 413 g/mol. The van der Waals surface area contributed by atoms with Gasteiger partial charge < -0.3 is 15.2 Å². The molecular weight excluding hydrogens is 398 g/mol. The quantitative estimate of drug-likeness (QED) is 0.475. The van der Waals surface area contributed by atoms with Crippen LogP contribution in [-0.2, 0) is 4.79 Å². The highest BCUT2D eigenvalue weighted by Crippen LogP contribution is 2.24. The highest BCUT2D eigenvalue weighted by atomic mass is 35.5. The van der Waals surface area contributed by atoms with E-state index < -0.39 is 16.7 Å². The topological polar surface area (TPSA) is 119 Å². The van der Waals surface area contributed by atoms with Crippen LogP contribution in [0.4, 0.5) is 11.4 Å². The molecule has 0 aliphatic heterocycles. The first-order chi connectivity index (χ1) is 13.8. The van der Waals surface area contributed by atoms with Crippen molar-refractivity contribution >= 4 is 34.8 Å². The van der Waals surface area contributed by atoms with E-state index in [0.717, 1.165) is 11.6 Å². The van der Waals surface area contributed by atoms with Gasteiger partial charge in [-0.25, -0.2) is 4.98 Å². The van der Waals surface area contributed by atoms with E-state index in [1.54, 1.807) is 24.4 Å². The lowest BCUT2D eigenvalue weighted by Gasteiger charge is -2.10. The van der Waals surface area contributed by atoms with E-state index in [4.69, 9.17) is 11.6 Å². The van der Waals surface area contributed by atoms with Crippen molar-refractivity contribution in [1.82, 2.24) is 14.9 Å². The van der Waals surface area contributed by atoms with Crippen molar-refractivity contribution in [2.45, 2.75) is 6.92 Å². The molecule has 9 nitrogen and oxygen atoms in total. The number of amides is 2. The number of rotatable bonds is 6. The number of imidazole rings is 1. The van der Waals surface area contributed by atoms with Crippen LogP contribution in [0.3, 0.4) is 0 Å². The predicted octanol–water partition coefficient (Wildman–Crippen LogP) is 3.11. The van der Waals surface area contributed by atoms with E-state index in [9.17, 15) is 19.7 Å². The molecule has 2 amide bonds. The zero-order valence-corrected chi connectivity index (χ0v) is 16.0. The second kappa shape index (κ2) is 8.53. The summed E-state index contributed by atoms with van der Waals surface area (Å²) in [6, 6.07) is 9.19. The summed E-state index contributed by atoms with van der Waals surface area (Å²) in [5.74, 6) is -1.09. The minimum Gasteiger partial charge on any atom is -0.343 e. The fourth-order valence-electron chi connectivity index (χ4n) is 2.61. The van der Waals surface area contributed by atoms with Gasteiger partial charge in [0.2, 0.25) is 5.91 Å². The molecule has 2 aromatic carbocycles. The summed E-state index contributed by atoms with van der Waals surface area (Å²) in [7, 11) is 0. The maximum atomic E-state index is 12.3. The molecule has 0 aliphatic rings. The minimum atomic E-state index is -0.615. The molecule has 0 radical (unpaired) electrons. The number of hydrogen-bond donors (Lipinski definition) is 2. The van der Waals surface area contributed by atoms with Crippen LogP contribution in [0.5, 0.6) is 0 Å². The molecule has 3 aromatic rings. The van der Waals surface area contributed by atoms with Crippen LogP contribution in [0.25, 0.3) is 5.69 Å². The van der Waals surface area contributed by atoms with E-state index in [1.807, 2.05) is 6.92 Å². The summed E-state index contributed by atoms with van der Waals surface area (Å²) in [5.41, 5.74) is 1.45. The number of hydrogen-bond acceptors (Lipinski definition) is 5. The number of aryl methyl sites for hydroxylation is 1. The first kappa shape index (κ1) is 20.0. The zero-order chi connectivity index (χ0) is 21.0. The molecular formula is C19H16ClN5O4. The van der Waals surface area contributed by atoms with Gasteiger partial charge in [0.05, 0.1) is 28.5 Å². The third-order valence-electron chi connectivity index (χ3n) is 4.03. The molecule has 0 bridgehead atoms. The largest absolute Gasteiger partial charge is 0.343 e. The fraction of sp³-hybridized carbons (Fsp3) is 0.105. The Kier molecular flexibility index (Phi) is 5.89. The molecule has 29 heavy (non-hydrogen) atoms. The molecule has 1 aromatic heterocycles. The molecule has 0 saturated carbocycles. The van der Waals surface area contributed by atoms with Gasteiger partial charge in [-0.1, -0.05) is 17.7 Å². The van der Waals surface area contributed by atoms with E-state index in [-0.39, 0.29) is 23.5 Å². The number of aromatic nitrogens is 2. The summed E-state index contributed by atoms with van der Waals surface area (Å²) in [5, 5.41) is 16.8. The second-order valence-corrected chi connectivity index (χ2v) is 6.55. The van der Waals surface area contributed by atoms with Gasteiger partial charge in [0.1, 0.15) is 5.69 Å². The third-order valence-corrected chi connectivity index (χ3v) is 4.34. The molecule has 10 heteroatoms. The lowest BCUT2D eigenvalue weighted by atomic mass is 10.1. The number of nitrogens with one attached hydrogen (secondary N) is 2. The molecule has 0 atom stereocenters. The maximum Gasteiger partial charge on any atom is 0.294 e. The first-order valence-corrected chi connectivity index (χ1v) is 8.84. The number of nitrogens with zero attached hydrogens (tertiary/aromatic N) is 3. The Morgan fingerprint density at radius 3 is 2.69 bits per heavy atom. The first-order valence-electron chi connectivity index (χ1n) is 8.46. The lowest BCUT2D eigenvalue weighted by Crippen LogP contribution is -2.33. The number of nitro benzene ring substituents is 1. The number of carbonyl (C=O) groups is 2. The highest BCUT2D eigenvalue weighted by molar-refractivity contribution is 6.33. The van der Waals surface area contributed by atoms with Crippen LogP contribution in [0.1, 0.15) is 15.9 Å². The van der Waals surface area contributed by atoms with Crippen LogP contribution >= 0.6 is 11.6 Å². The second-order valence-electron chi connectivity index (χ2n) is 6.14. The zero-order valence-electron chi connectivity index (χ0n) is 15.3. The number of carbonyl (C=O) groups excluding carboxylic acids is 2. The van der Waals surface area contributed by atoms with Crippen molar-refractivity contribution in [3.8, 4) is 5.69 Å². The average molecular weight is 414 g/mol. The summed E-state index contributed by atoms with van der Waals surface area (Å²) in [6.45, 7) is 1.55. The van der Waals surface area contributed by atoms with Gasteiger partial charge in [-0.3, -0.25) is 19.7 Å². The smallest absolute Gasteiger partial charge is 0.294 e. The van der Waals surface area contributed by atoms with Gasteiger partial charge in [0, 0.05) is 24.0 Å². The molecule has 0 spiro atoms. The van der Waals surface area contributed by atoms with Gasteiger partial charge in [-0.15, -0.1) is 0 Å². The van der Waals surface area contributed by atoms with E-state index >= 15 is 0 Å². The van der Waals surface area contributed by atoms with Crippen LogP contribution in [0.15, 0.2) is 55.1 Å². The Balaban J connectivity index is 1.68. The van der Waals surface area contributed by atoms with Gasteiger partial charge >= 0.3 is 0 Å². The molecule has 0 fully saturated rings. The summed E-state index contributed by atoms with van der Waals surface area (Å²) in [6.07, 6.45) is 4.47. The molecule has 2 N–H and O–H groups in total. The van der Waals surface area contributed by atoms with Crippen LogP contribution in [0.2, 0.25) is 5.02 Å². The summed E-state index contributed by atoms with van der Waals surface area (Å²) < 4.78 is 1.47. The normalized spacial score (nSPS) is 10.4. The number of anilines is 1. The van der Waals surface area contributed by atoms with Gasteiger partial charge in [-0.05, 0) is 36.8 Å². The van der Waals surface area contributed by atoms with Crippen molar-refractivity contribution < 1.29 is 14.5 Å². The maximum absolute atomic E-state index is 12.3. The number of halogens is 1. The molecule has 3 rings (SSSR count). The van der Waals surface area contributed by atoms with E-state index in [2.05, 4.69) is 15.6 Å². The number of nitro groups is 1. The predicted molar refractivity (Wildman–Crippen MR) is 107 cm³/mol. The van der Waals surface area contributed by atoms with Crippen molar-refractivity contribution in [3.63, 3.8) is 0 Å². The van der Waals surface area contributed by atoms with Crippen molar-refractivity contribution in [1.29, 1.82) is 0 Å². The molecule has 148 valence electrons. The Morgan fingerprint density at radius 1 is 1.24 bits per heavy atom. The van der Waals surface area contributed by atoms with Crippen LogP contribution < -0.4 is 10.6 Å². The van der Waals surface area contributed by atoms with Crippen molar-refractivity contribution in [2.75, 3.05) is 11.9 Å². The SMILES string of the molecule is Cc1ccc(NC(=O)CNC(=O)c2ccc(-n3ccnc3)c([N+](=O)[O-])c2)c(Cl)c1. The fourth-order valence-corrected chi connectivity index (χ4v) is 2.89. The molecule has 0 aliphatic carbocycles. The van der Waals surface area contributed by atoms with Crippen molar-refractivity contribution in [2.24, 2.45) is 0 Å². The van der Waals surface area contributed by atoms with Gasteiger partial charge in [-0.2, -0.15) is 0 Å². The van der Waals surface area contributed by atoms with Gasteiger partial charge in [0.15, 0.2) is 0 Å². The highest BCUT2D eigenvalue weighted by Gasteiger charge is 2.19. The lowest BCUT2D eigenvalue weighted by molar-refractivity contribution is -0.384. The summed E-state index contributed by atoms with van der Waals surface area (Å²) >= 11 is 6.06. The van der Waals surface area contributed by atoms with Gasteiger partial charge in [0.25, 0.3) is 11.6 Å². The van der Waals surface area contributed by atoms with Crippen LogP contribution in [-0.4, -0.2) is 32.8 Å². The third kappa shape index (κ3) is 4.77. The standard InChI is InChI=1S/C19H16ClN5O4/c1-12-2-4-15(14(20)8-12)23-18(26)10-22-19(27)13-3-5-16(17(9-13)25(28)29)24-7-6-21-11-24/h2-9,11H,10H2,1H3,(H,22,27)(H,23,26).